The summed E-state index contributed by atoms with van der Waals surface area (Å²) in [5.74, 6) is -2.37. The van der Waals surface area contributed by atoms with Crippen LogP contribution in [0.5, 0.6) is 5.75 Å². The minimum Gasteiger partial charge on any atom is -0.504 e. The number of carbonyl (C=O) groups is 1. The number of hydrogen-bond acceptors (Lipinski definition) is 4. The Hall–Kier alpha value is -1.65. The Labute approximate surface area is 74.0 Å². The minimum atomic E-state index is -1.08. The van der Waals surface area contributed by atoms with Crippen LogP contribution < -0.4 is 0 Å². The zero-order valence-corrected chi connectivity index (χ0v) is 6.95. The van der Waals surface area contributed by atoms with Crippen molar-refractivity contribution in [1.29, 1.82) is 0 Å². The first kappa shape index (κ1) is 9.44. The van der Waals surface area contributed by atoms with E-state index in [2.05, 4.69) is 9.72 Å². The Morgan fingerprint density at radius 2 is 2.38 bits per heavy atom. The van der Waals surface area contributed by atoms with Crippen LogP contribution in [0.2, 0.25) is 0 Å². The average Bonchev–Trinajstić information content (AvgIpc) is 2.10. The first-order valence-corrected chi connectivity index (χ1v) is 3.67. The lowest BCUT2D eigenvalue weighted by molar-refractivity contribution is 0.0518. The Bertz CT molecular complexity index is 327. The molecule has 4 nitrogen and oxygen atoms in total. The van der Waals surface area contributed by atoms with Crippen molar-refractivity contribution in [2.24, 2.45) is 0 Å². The van der Waals surface area contributed by atoms with Gasteiger partial charge in [0.15, 0.2) is 11.4 Å². The van der Waals surface area contributed by atoms with E-state index < -0.39 is 17.7 Å². The van der Waals surface area contributed by atoms with E-state index in [9.17, 15) is 9.18 Å². The molecule has 13 heavy (non-hydrogen) atoms. The number of nitrogens with zero attached hydrogens (tertiary/aromatic N) is 1. The first-order valence-electron chi connectivity index (χ1n) is 3.67. The molecule has 0 amide bonds. The highest BCUT2D eigenvalue weighted by Gasteiger charge is 2.11. The molecule has 70 valence electrons. The van der Waals surface area contributed by atoms with E-state index in [0.717, 1.165) is 6.07 Å². The van der Waals surface area contributed by atoms with E-state index in [0.29, 0.717) is 0 Å². The molecule has 0 spiro atoms. The van der Waals surface area contributed by atoms with Gasteiger partial charge in [-0.2, -0.15) is 4.39 Å². The second-order valence-electron chi connectivity index (χ2n) is 2.23. The number of hydrogen-bond donors (Lipinski definition) is 1. The van der Waals surface area contributed by atoms with E-state index in [1.165, 1.54) is 6.07 Å². The number of halogens is 1. The highest BCUT2D eigenvalue weighted by Crippen LogP contribution is 2.12. The fourth-order valence-electron chi connectivity index (χ4n) is 0.746. The van der Waals surface area contributed by atoms with Crippen LogP contribution in [-0.2, 0) is 4.74 Å². The van der Waals surface area contributed by atoms with Gasteiger partial charge in [0.2, 0.25) is 0 Å². The highest BCUT2D eigenvalue weighted by atomic mass is 19.1. The molecule has 0 fully saturated rings. The largest absolute Gasteiger partial charge is 0.504 e. The summed E-state index contributed by atoms with van der Waals surface area (Å²) in [6, 6.07) is 2.24. The predicted molar refractivity (Wildman–Crippen MR) is 41.8 cm³/mol. The fraction of sp³-hybridized carbons (Fsp3) is 0.250. The maximum atomic E-state index is 12.6. The molecular weight excluding hydrogens is 177 g/mol. The Balaban J connectivity index is 2.90. The van der Waals surface area contributed by atoms with Crippen molar-refractivity contribution in [3.63, 3.8) is 0 Å². The molecular formula is C8H8FNO3. The first-order chi connectivity index (χ1) is 6.15. The molecule has 0 saturated carbocycles. The van der Waals surface area contributed by atoms with Crippen molar-refractivity contribution in [2.75, 3.05) is 6.61 Å². The van der Waals surface area contributed by atoms with Crippen LogP contribution in [0.15, 0.2) is 12.1 Å². The van der Waals surface area contributed by atoms with Crippen LogP contribution in [0.3, 0.4) is 0 Å². The molecule has 0 aliphatic carbocycles. The summed E-state index contributed by atoms with van der Waals surface area (Å²) in [5.41, 5.74) is -0.155. The maximum absolute atomic E-state index is 12.6. The molecule has 1 heterocycles. The number of esters is 1. The van der Waals surface area contributed by atoms with Crippen LogP contribution in [0.25, 0.3) is 0 Å². The van der Waals surface area contributed by atoms with Gasteiger partial charge < -0.3 is 9.84 Å². The Morgan fingerprint density at radius 3 is 2.92 bits per heavy atom. The van der Waals surface area contributed by atoms with Gasteiger partial charge in [-0.25, -0.2) is 9.78 Å². The van der Waals surface area contributed by atoms with Crippen molar-refractivity contribution in [1.82, 2.24) is 4.98 Å². The summed E-state index contributed by atoms with van der Waals surface area (Å²) >= 11 is 0. The van der Waals surface area contributed by atoms with Crippen LogP contribution in [0, 0.1) is 5.95 Å². The van der Waals surface area contributed by atoms with E-state index in [1.54, 1.807) is 6.92 Å². The third kappa shape index (κ3) is 2.14. The molecule has 0 saturated heterocycles. The average molecular weight is 185 g/mol. The summed E-state index contributed by atoms with van der Waals surface area (Å²) in [5, 5.41) is 8.77. The summed E-state index contributed by atoms with van der Waals surface area (Å²) in [6.45, 7) is 1.83. The molecule has 0 bridgehead atoms. The number of aromatic nitrogens is 1. The lowest BCUT2D eigenvalue weighted by Crippen LogP contribution is -2.07. The van der Waals surface area contributed by atoms with Crippen molar-refractivity contribution in [3.05, 3.63) is 23.8 Å². The lowest BCUT2D eigenvalue weighted by atomic mass is 10.3. The van der Waals surface area contributed by atoms with Crippen molar-refractivity contribution < 1.29 is 19.0 Å². The van der Waals surface area contributed by atoms with E-state index in [1.807, 2.05) is 0 Å². The summed E-state index contributed by atoms with van der Waals surface area (Å²) in [7, 11) is 0. The standard InChI is InChI=1S/C8H8FNO3/c1-2-13-8(12)5-3-4-6(11)7(9)10-5/h3-4,11H,2H2,1H3. The molecule has 1 aromatic rings. The fourth-order valence-corrected chi connectivity index (χ4v) is 0.746. The van der Waals surface area contributed by atoms with E-state index in [4.69, 9.17) is 5.11 Å². The van der Waals surface area contributed by atoms with Crippen LogP contribution in [-0.4, -0.2) is 22.7 Å². The molecule has 0 aliphatic rings. The van der Waals surface area contributed by atoms with E-state index >= 15 is 0 Å². The van der Waals surface area contributed by atoms with Gasteiger partial charge in [0, 0.05) is 0 Å². The van der Waals surface area contributed by atoms with Crippen LogP contribution >= 0.6 is 0 Å². The van der Waals surface area contributed by atoms with Gasteiger partial charge in [-0.15, -0.1) is 0 Å². The normalized spacial score (nSPS) is 9.69. The third-order valence-corrected chi connectivity index (χ3v) is 1.31. The van der Waals surface area contributed by atoms with Gasteiger partial charge in [0.25, 0.3) is 5.95 Å². The number of pyridine rings is 1. The molecule has 0 unspecified atom stereocenters. The summed E-state index contributed by atoms with van der Waals surface area (Å²) < 4.78 is 17.2. The zero-order chi connectivity index (χ0) is 9.84. The number of rotatable bonds is 2. The zero-order valence-electron chi connectivity index (χ0n) is 6.95. The molecule has 5 heteroatoms. The molecule has 0 aliphatic heterocycles. The molecule has 0 atom stereocenters. The molecule has 0 radical (unpaired) electrons. The minimum absolute atomic E-state index is 0.155. The SMILES string of the molecule is CCOC(=O)c1ccc(O)c(F)n1. The predicted octanol–water partition coefficient (Wildman–Crippen LogP) is 1.10. The number of carbonyl (C=O) groups excluding carboxylic acids is 1. The van der Waals surface area contributed by atoms with Crippen LogP contribution in [0.1, 0.15) is 17.4 Å². The number of aromatic hydroxyl groups is 1. The van der Waals surface area contributed by atoms with Crippen molar-refractivity contribution in [3.8, 4) is 5.75 Å². The quantitative estimate of drug-likeness (QED) is 0.553. The second-order valence-corrected chi connectivity index (χ2v) is 2.23. The van der Waals surface area contributed by atoms with E-state index in [-0.39, 0.29) is 12.3 Å². The van der Waals surface area contributed by atoms with Gasteiger partial charge in [-0.05, 0) is 19.1 Å². The lowest BCUT2D eigenvalue weighted by Gasteiger charge is -2.00. The third-order valence-electron chi connectivity index (χ3n) is 1.31. The molecule has 1 N–H and O–H groups in total. The van der Waals surface area contributed by atoms with Gasteiger partial charge in [0.05, 0.1) is 6.61 Å². The molecule has 1 rings (SSSR count). The number of ether oxygens (including phenoxy) is 1. The van der Waals surface area contributed by atoms with Gasteiger partial charge in [-0.1, -0.05) is 0 Å². The monoisotopic (exact) mass is 185 g/mol. The topological polar surface area (TPSA) is 59.4 Å². The second kappa shape index (κ2) is 3.84. The van der Waals surface area contributed by atoms with Crippen molar-refractivity contribution in [2.45, 2.75) is 6.92 Å². The van der Waals surface area contributed by atoms with Crippen molar-refractivity contribution >= 4 is 5.97 Å². The van der Waals surface area contributed by atoms with Gasteiger partial charge in [0.1, 0.15) is 0 Å². The maximum Gasteiger partial charge on any atom is 0.357 e. The smallest absolute Gasteiger partial charge is 0.357 e. The Morgan fingerprint density at radius 1 is 1.69 bits per heavy atom. The van der Waals surface area contributed by atoms with Gasteiger partial charge >= 0.3 is 5.97 Å². The van der Waals surface area contributed by atoms with Crippen LogP contribution in [0.4, 0.5) is 4.39 Å². The summed E-state index contributed by atoms with van der Waals surface area (Å²) in [4.78, 5) is 14.2. The molecule has 0 aromatic carbocycles. The molecule has 1 aromatic heterocycles. The Kier molecular flexibility index (Phi) is 2.79. The highest BCUT2D eigenvalue weighted by molar-refractivity contribution is 5.87. The summed E-state index contributed by atoms with van der Waals surface area (Å²) in [6.07, 6.45) is 0. The van der Waals surface area contributed by atoms with Gasteiger partial charge in [-0.3, -0.25) is 0 Å².